The maximum atomic E-state index is 13.7. The number of hydrogen-bond donors (Lipinski definition) is 4. The first-order valence-electron chi connectivity index (χ1n) is 7.85. The number of rotatable bonds is 7. The van der Waals surface area contributed by atoms with Crippen LogP contribution in [0.2, 0.25) is 0 Å². The third-order valence-electron chi connectivity index (χ3n) is 3.22. The Hall–Kier alpha value is -2.94. The Labute approximate surface area is 154 Å². The lowest BCUT2D eigenvalue weighted by Crippen LogP contribution is -2.42. The molecular weight excluding hydrogens is 359 g/mol. The number of anilines is 2. The van der Waals surface area contributed by atoms with Gasteiger partial charge in [0.05, 0.1) is 12.2 Å². The number of benzene rings is 1. The van der Waals surface area contributed by atoms with E-state index in [9.17, 15) is 18.8 Å². The molecule has 1 heterocycles. The van der Waals surface area contributed by atoms with E-state index >= 15 is 0 Å². The van der Waals surface area contributed by atoms with Gasteiger partial charge < -0.3 is 16.0 Å². The molecule has 4 N–H and O–H groups in total. The SMILES string of the molecule is CC(=O)Nc1ccc(F)c(NCC(=O)NC(=O)NCCc2cccs2)c1. The summed E-state index contributed by atoms with van der Waals surface area (Å²) in [6, 6.07) is 7.22. The van der Waals surface area contributed by atoms with Gasteiger partial charge in [-0.2, -0.15) is 0 Å². The fourth-order valence-electron chi connectivity index (χ4n) is 2.09. The maximum absolute atomic E-state index is 13.7. The third-order valence-corrected chi connectivity index (χ3v) is 4.15. The Balaban J connectivity index is 1.75. The molecule has 2 rings (SSSR count). The highest BCUT2D eigenvalue weighted by Gasteiger charge is 2.10. The first-order chi connectivity index (χ1) is 12.4. The fraction of sp³-hybridized carbons (Fsp3) is 0.235. The van der Waals surface area contributed by atoms with Gasteiger partial charge in [-0.3, -0.25) is 14.9 Å². The minimum Gasteiger partial charge on any atom is -0.374 e. The lowest BCUT2D eigenvalue weighted by atomic mass is 10.2. The number of urea groups is 1. The molecular formula is C17H19FN4O3S. The molecule has 1 aromatic carbocycles. The quantitative estimate of drug-likeness (QED) is 0.594. The van der Waals surface area contributed by atoms with E-state index in [0.29, 0.717) is 18.7 Å². The highest BCUT2D eigenvalue weighted by Crippen LogP contribution is 2.19. The van der Waals surface area contributed by atoms with Gasteiger partial charge >= 0.3 is 6.03 Å². The van der Waals surface area contributed by atoms with Crippen LogP contribution in [0.3, 0.4) is 0 Å². The van der Waals surface area contributed by atoms with Crippen LogP contribution in [0.15, 0.2) is 35.7 Å². The molecule has 26 heavy (non-hydrogen) atoms. The Morgan fingerprint density at radius 2 is 2.00 bits per heavy atom. The number of carbonyl (C=O) groups excluding carboxylic acids is 3. The normalized spacial score (nSPS) is 10.1. The van der Waals surface area contributed by atoms with E-state index in [4.69, 9.17) is 0 Å². The number of thiophene rings is 1. The topological polar surface area (TPSA) is 99.3 Å². The fourth-order valence-corrected chi connectivity index (χ4v) is 2.80. The molecule has 0 atom stereocenters. The van der Waals surface area contributed by atoms with Crippen molar-refractivity contribution in [2.24, 2.45) is 0 Å². The van der Waals surface area contributed by atoms with Crippen LogP contribution >= 0.6 is 11.3 Å². The van der Waals surface area contributed by atoms with Crippen LogP contribution < -0.4 is 21.3 Å². The molecule has 0 aliphatic carbocycles. The number of halogens is 1. The second-order valence-electron chi connectivity index (χ2n) is 5.36. The molecule has 0 saturated heterocycles. The molecule has 138 valence electrons. The van der Waals surface area contributed by atoms with Crippen LogP contribution in [0, 0.1) is 5.82 Å². The zero-order chi connectivity index (χ0) is 18.9. The Morgan fingerprint density at radius 3 is 2.69 bits per heavy atom. The van der Waals surface area contributed by atoms with Gasteiger partial charge in [-0.25, -0.2) is 9.18 Å². The van der Waals surface area contributed by atoms with Gasteiger partial charge in [-0.1, -0.05) is 6.07 Å². The van der Waals surface area contributed by atoms with E-state index in [-0.39, 0.29) is 18.1 Å². The summed E-state index contributed by atoms with van der Waals surface area (Å²) in [5.74, 6) is -1.48. The van der Waals surface area contributed by atoms with Crippen molar-refractivity contribution < 1.29 is 18.8 Å². The Kier molecular flexibility index (Phi) is 7.10. The van der Waals surface area contributed by atoms with Crippen molar-refractivity contribution in [1.82, 2.24) is 10.6 Å². The number of imide groups is 1. The average molecular weight is 378 g/mol. The Bertz CT molecular complexity index is 780. The molecule has 0 spiro atoms. The summed E-state index contributed by atoms with van der Waals surface area (Å²) in [6.07, 6.45) is 0.679. The van der Waals surface area contributed by atoms with Gasteiger partial charge in [0, 0.05) is 24.0 Å². The molecule has 1 aromatic heterocycles. The summed E-state index contributed by atoms with van der Waals surface area (Å²) in [6.45, 7) is 1.44. The van der Waals surface area contributed by atoms with Crippen LogP contribution in [-0.4, -0.2) is 30.9 Å². The van der Waals surface area contributed by atoms with Crippen molar-refractivity contribution >= 4 is 40.6 Å². The standard InChI is InChI=1S/C17H19FN4O3S/c1-11(23)21-12-4-5-14(18)15(9-12)20-10-16(24)22-17(25)19-7-6-13-3-2-8-26-13/h2-5,8-9,20H,6-7,10H2,1H3,(H,21,23)(H2,19,22,24,25). The molecule has 4 amide bonds. The van der Waals surface area contributed by atoms with Crippen molar-refractivity contribution in [3.8, 4) is 0 Å². The molecule has 0 fully saturated rings. The van der Waals surface area contributed by atoms with Crippen LogP contribution in [0.5, 0.6) is 0 Å². The van der Waals surface area contributed by atoms with Crippen molar-refractivity contribution in [2.75, 3.05) is 23.7 Å². The maximum Gasteiger partial charge on any atom is 0.321 e. The van der Waals surface area contributed by atoms with Gasteiger partial charge in [0.15, 0.2) is 0 Å². The molecule has 0 unspecified atom stereocenters. The second kappa shape index (κ2) is 9.52. The van der Waals surface area contributed by atoms with Crippen molar-refractivity contribution in [2.45, 2.75) is 13.3 Å². The van der Waals surface area contributed by atoms with Crippen LogP contribution in [0.25, 0.3) is 0 Å². The molecule has 7 nitrogen and oxygen atoms in total. The van der Waals surface area contributed by atoms with E-state index in [1.807, 2.05) is 17.5 Å². The molecule has 0 radical (unpaired) electrons. The lowest BCUT2D eigenvalue weighted by molar-refractivity contribution is -0.118. The first-order valence-corrected chi connectivity index (χ1v) is 8.73. The predicted octanol–water partition coefficient (Wildman–Crippen LogP) is 2.33. The number of carbonyl (C=O) groups is 3. The van der Waals surface area contributed by atoms with E-state index in [1.54, 1.807) is 11.3 Å². The second-order valence-corrected chi connectivity index (χ2v) is 6.40. The molecule has 0 aliphatic rings. The van der Waals surface area contributed by atoms with E-state index in [2.05, 4.69) is 21.3 Å². The third kappa shape index (κ3) is 6.52. The van der Waals surface area contributed by atoms with Crippen LogP contribution in [0.1, 0.15) is 11.8 Å². The van der Waals surface area contributed by atoms with Crippen molar-refractivity contribution in [1.29, 1.82) is 0 Å². The van der Waals surface area contributed by atoms with E-state index < -0.39 is 17.8 Å². The smallest absolute Gasteiger partial charge is 0.321 e. The average Bonchev–Trinajstić information content (AvgIpc) is 3.08. The highest BCUT2D eigenvalue weighted by molar-refractivity contribution is 7.09. The number of nitrogens with one attached hydrogen (secondary N) is 4. The zero-order valence-electron chi connectivity index (χ0n) is 14.1. The highest BCUT2D eigenvalue weighted by atomic mass is 32.1. The largest absolute Gasteiger partial charge is 0.374 e. The minimum atomic E-state index is -0.610. The van der Waals surface area contributed by atoms with Gasteiger partial charge in [0.25, 0.3) is 0 Å². The number of amides is 4. The van der Waals surface area contributed by atoms with Crippen molar-refractivity contribution in [3.05, 3.63) is 46.4 Å². The summed E-state index contributed by atoms with van der Waals surface area (Å²) < 4.78 is 13.7. The van der Waals surface area contributed by atoms with Crippen molar-refractivity contribution in [3.63, 3.8) is 0 Å². The van der Waals surface area contributed by atoms with Gasteiger partial charge in [0.2, 0.25) is 11.8 Å². The summed E-state index contributed by atoms with van der Waals surface area (Å²) in [7, 11) is 0. The van der Waals surface area contributed by atoms with E-state index in [1.165, 1.54) is 25.1 Å². The van der Waals surface area contributed by atoms with E-state index in [0.717, 1.165) is 4.88 Å². The minimum absolute atomic E-state index is 0.0458. The van der Waals surface area contributed by atoms with Gasteiger partial charge in [-0.05, 0) is 36.1 Å². The zero-order valence-corrected chi connectivity index (χ0v) is 14.9. The molecule has 0 saturated carbocycles. The summed E-state index contributed by atoms with van der Waals surface area (Å²) in [5.41, 5.74) is 0.442. The summed E-state index contributed by atoms with van der Waals surface area (Å²) in [4.78, 5) is 35.6. The van der Waals surface area contributed by atoms with Gasteiger partial charge in [0.1, 0.15) is 5.82 Å². The van der Waals surface area contributed by atoms with Crippen LogP contribution in [0.4, 0.5) is 20.6 Å². The molecule has 9 heteroatoms. The predicted molar refractivity (Wildman–Crippen MR) is 98.8 cm³/mol. The summed E-state index contributed by atoms with van der Waals surface area (Å²) in [5, 5.41) is 11.8. The van der Waals surface area contributed by atoms with Gasteiger partial charge in [-0.15, -0.1) is 11.3 Å². The summed E-state index contributed by atoms with van der Waals surface area (Å²) >= 11 is 1.59. The van der Waals surface area contributed by atoms with Crippen LogP contribution in [-0.2, 0) is 16.0 Å². The molecule has 0 aliphatic heterocycles. The number of hydrogen-bond acceptors (Lipinski definition) is 5. The molecule has 2 aromatic rings. The lowest BCUT2D eigenvalue weighted by Gasteiger charge is -2.10. The monoisotopic (exact) mass is 378 g/mol. The first kappa shape index (κ1) is 19.4. The Morgan fingerprint density at radius 1 is 1.19 bits per heavy atom. The molecule has 0 bridgehead atoms.